The number of esters is 3. The lowest BCUT2D eigenvalue weighted by Gasteiger charge is -2.67. The lowest BCUT2D eigenvalue weighted by Crippen LogP contribution is -2.81. The van der Waals surface area contributed by atoms with Gasteiger partial charge in [-0.3, -0.25) is 19.2 Å². The van der Waals surface area contributed by atoms with Gasteiger partial charge >= 0.3 is 23.9 Å². The molecular formula is C43H51NO15. The Morgan fingerprint density at radius 3 is 2.15 bits per heavy atom. The molecule has 2 aromatic rings. The van der Waals surface area contributed by atoms with E-state index in [1.807, 2.05) is 0 Å². The second kappa shape index (κ2) is 16.2. The van der Waals surface area contributed by atoms with Crippen LogP contribution in [0.2, 0.25) is 0 Å². The zero-order valence-electron chi connectivity index (χ0n) is 33.5. The minimum Gasteiger partial charge on any atom is -0.481 e. The third-order valence-electron chi connectivity index (χ3n) is 13.0. The van der Waals surface area contributed by atoms with Crippen molar-refractivity contribution in [2.24, 2.45) is 16.7 Å². The van der Waals surface area contributed by atoms with Crippen molar-refractivity contribution in [3.05, 3.63) is 82.9 Å². The Hall–Kier alpha value is -5.00. The van der Waals surface area contributed by atoms with Crippen LogP contribution in [0.4, 0.5) is 0 Å². The summed E-state index contributed by atoms with van der Waals surface area (Å²) in [7, 11) is 0. The van der Waals surface area contributed by atoms with Crippen molar-refractivity contribution in [3.63, 3.8) is 0 Å². The minimum atomic E-state index is -2.38. The van der Waals surface area contributed by atoms with E-state index in [-0.39, 0.29) is 49.0 Å². The molecule has 1 amide bonds. The summed E-state index contributed by atoms with van der Waals surface area (Å²) in [6, 6.07) is 14.4. The van der Waals surface area contributed by atoms with Crippen LogP contribution < -0.4 is 5.32 Å². The highest BCUT2D eigenvalue weighted by atomic mass is 16.6. The maximum Gasteiger partial charge on any atom is 0.338 e. The number of carbonyl (C=O) groups is 6. The topological polar surface area (TPSA) is 253 Å². The number of aliphatic carboxylic acids is 1. The van der Waals surface area contributed by atoms with Crippen LogP contribution in [0.1, 0.15) is 88.7 Å². The van der Waals surface area contributed by atoms with Crippen molar-refractivity contribution in [3.8, 4) is 0 Å². The molecule has 4 aliphatic rings. The number of carboxylic acid groups (broad SMARTS) is 1. The van der Waals surface area contributed by atoms with E-state index in [4.69, 9.17) is 24.1 Å². The highest BCUT2D eigenvalue weighted by molar-refractivity contribution is 5.94. The molecule has 2 bridgehead atoms. The number of aliphatic hydroxyl groups excluding tert-OH is 3. The molecule has 3 aliphatic carbocycles. The molecule has 0 aromatic heterocycles. The molecule has 11 atom stereocenters. The summed E-state index contributed by atoms with van der Waals surface area (Å²) in [6.07, 6.45) is -11.2. The van der Waals surface area contributed by atoms with Gasteiger partial charge in [-0.2, -0.15) is 0 Å². The summed E-state index contributed by atoms with van der Waals surface area (Å²) in [5, 5.41) is 60.6. The van der Waals surface area contributed by atoms with Crippen LogP contribution >= 0.6 is 0 Å². The van der Waals surface area contributed by atoms with E-state index in [0.29, 0.717) is 5.56 Å². The Balaban J connectivity index is 1.46. The lowest BCUT2D eigenvalue weighted by molar-refractivity contribution is -0.346. The average Bonchev–Trinajstić information content (AvgIpc) is 3.18. The standard InChI is InChI=1S/C43H51NO15/c1-22-26(57-39(54)34(51)32(24-13-8-6-9-14-24)44-29(47)17-12-18-30(48)49)20-43(55)37(58-38(53)25-15-10-7-11-16-25)35-41(5,36(52)33(50)31(22)40(43,3)4)27(46)19-28-42(35,21-56-28)59-23(2)45/h6-11,13-16,26-28,32-35,37,46,50-51,55H,12,17-21H2,1-5H3,(H,44,47)(H,48,49)/t26-,27-,28+,32-,33+,34+,35-,37-,41+,42-,43+/m0/s1. The van der Waals surface area contributed by atoms with Crippen molar-refractivity contribution in [2.75, 3.05) is 6.61 Å². The maximum atomic E-state index is 14.9. The first kappa shape index (κ1) is 43.6. The number of ketones is 1. The second-order valence-corrected chi connectivity index (χ2v) is 16.7. The number of hydrogen-bond acceptors (Lipinski definition) is 14. The number of Topliss-reactive ketones (excluding diaryl/α,β-unsaturated/α-hetero) is 1. The maximum absolute atomic E-state index is 14.9. The quantitative estimate of drug-likeness (QED) is 0.102. The number of rotatable bonds is 12. The van der Waals surface area contributed by atoms with Crippen LogP contribution in [0.3, 0.4) is 0 Å². The second-order valence-electron chi connectivity index (χ2n) is 16.7. The molecule has 0 unspecified atom stereocenters. The van der Waals surface area contributed by atoms with E-state index in [2.05, 4.69) is 5.32 Å². The van der Waals surface area contributed by atoms with Crippen molar-refractivity contribution in [1.29, 1.82) is 0 Å². The lowest BCUT2D eigenvalue weighted by atomic mass is 9.44. The predicted molar refractivity (Wildman–Crippen MR) is 204 cm³/mol. The van der Waals surface area contributed by atoms with Gasteiger partial charge in [0.1, 0.15) is 30.0 Å². The number of ether oxygens (including phenoxy) is 4. The molecule has 1 saturated heterocycles. The van der Waals surface area contributed by atoms with Crippen LogP contribution in [0.15, 0.2) is 71.8 Å². The number of carbonyl (C=O) groups excluding carboxylic acids is 5. The summed E-state index contributed by atoms with van der Waals surface area (Å²) in [5.74, 6) is -7.22. The Kier molecular flexibility index (Phi) is 12.0. The van der Waals surface area contributed by atoms with Gasteiger partial charge in [0.2, 0.25) is 5.91 Å². The number of amides is 1. The molecule has 2 aromatic carbocycles. The molecule has 59 heavy (non-hydrogen) atoms. The van der Waals surface area contributed by atoms with Gasteiger partial charge in [-0.25, -0.2) is 9.59 Å². The molecule has 1 aliphatic heterocycles. The normalized spacial score (nSPS) is 33.0. The molecule has 16 heteroatoms. The van der Waals surface area contributed by atoms with Gasteiger partial charge in [-0.1, -0.05) is 62.4 Å². The largest absolute Gasteiger partial charge is 0.481 e. The van der Waals surface area contributed by atoms with Crippen molar-refractivity contribution in [1.82, 2.24) is 5.32 Å². The van der Waals surface area contributed by atoms with E-state index in [9.17, 15) is 49.2 Å². The van der Waals surface area contributed by atoms with E-state index < -0.39 is 113 Å². The van der Waals surface area contributed by atoms with E-state index in [1.54, 1.807) is 48.5 Å². The fraction of sp³-hybridized carbons (Fsp3) is 0.535. The van der Waals surface area contributed by atoms with Crippen LogP contribution in [0, 0.1) is 16.7 Å². The fourth-order valence-corrected chi connectivity index (χ4v) is 9.77. The minimum absolute atomic E-state index is 0.00777. The monoisotopic (exact) mass is 821 g/mol. The van der Waals surface area contributed by atoms with Gasteiger partial charge in [0.25, 0.3) is 0 Å². The van der Waals surface area contributed by atoms with Gasteiger partial charge in [0.15, 0.2) is 17.5 Å². The highest BCUT2D eigenvalue weighted by Gasteiger charge is 2.78. The molecule has 3 fully saturated rings. The smallest absolute Gasteiger partial charge is 0.338 e. The van der Waals surface area contributed by atoms with E-state index >= 15 is 0 Å². The van der Waals surface area contributed by atoms with Crippen molar-refractivity contribution < 1.29 is 73.2 Å². The first-order valence-corrected chi connectivity index (χ1v) is 19.6. The molecular weight excluding hydrogens is 770 g/mol. The molecule has 0 spiro atoms. The number of aliphatic hydroxyl groups is 4. The first-order valence-electron chi connectivity index (χ1n) is 19.6. The number of fused-ring (bicyclic) bond motifs is 5. The van der Waals surface area contributed by atoms with Gasteiger partial charge in [0, 0.05) is 38.0 Å². The Morgan fingerprint density at radius 1 is 0.949 bits per heavy atom. The Labute approximate surface area is 340 Å². The molecule has 0 radical (unpaired) electrons. The number of nitrogens with one attached hydrogen (secondary N) is 1. The predicted octanol–water partition coefficient (Wildman–Crippen LogP) is 2.11. The number of carboxylic acids is 1. The van der Waals surface area contributed by atoms with Crippen molar-refractivity contribution >= 4 is 35.6 Å². The molecule has 2 saturated carbocycles. The number of benzene rings is 2. The van der Waals surface area contributed by atoms with Gasteiger partial charge in [-0.05, 0) is 49.1 Å². The van der Waals surface area contributed by atoms with Crippen LogP contribution in [-0.2, 0) is 42.9 Å². The third-order valence-corrected chi connectivity index (χ3v) is 13.0. The molecule has 6 N–H and O–H groups in total. The number of hydrogen-bond donors (Lipinski definition) is 6. The van der Waals surface area contributed by atoms with Crippen molar-refractivity contribution in [2.45, 2.75) is 121 Å². The molecule has 16 nitrogen and oxygen atoms in total. The first-order chi connectivity index (χ1) is 27.7. The third kappa shape index (κ3) is 7.45. The Morgan fingerprint density at radius 2 is 1.58 bits per heavy atom. The summed E-state index contributed by atoms with van der Waals surface area (Å²) in [5.41, 5.74) is -7.39. The van der Waals surface area contributed by atoms with Crippen LogP contribution in [0.25, 0.3) is 0 Å². The summed E-state index contributed by atoms with van der Waals surface area (Å²) in [6.45, 7) is 6.74. The van der Waals surface area contributed by atoms with E-state index in [0.717, 1.165) is 6.92 Å². The molecule has 318 valence electrons. The van der Waals surface area contributed by atoms with Crippen LogP contribution in [-0.4, -0.2) is 116 Å². The fourth-order valence-electron chi connectivity index (χ4n) is 9.77. The zero-order valence-corrected chi connectivity index (χ0v) is 33.5. The van der Waals surface area contributed by atoms with E-state index in [1.165, 1.54) is 39.8 Å². The summed E-state index contributed by atoms with van der Waals surface area (Å²) in [4.78, 5) is 79.9. The zero-order chi connectivity index (χ0) is 43.2. The average molecular weight is 822 g/mol. The SMILES string of the molecule is CC(=O)O[C@@]12CO[C@@H]1C[C@H](O)[C@@]1(C)C(=O)[C@H](O)C3=C(C)[C@@H](OC(=O)[C@H](O)[C@@H](NC(=O)CCCC(=O)O)c4ccccc4)C[C@@](O)([C@@H](OC(=O)c4ccccc4)[C@H]21)C3(C)C. The van der Waals surface area contributed by atoms with Crippen LogP contribution in [0.5, 0.6) is 0 Å². The molecule has 1 heterocycles. The van der Waals surface area contributed by atoms with Gasteiger partial charge in [0.05, 0.1) is 35.6 Å². The molecule has 6 rings (SSSR count). The Bertz CT molecular complexity index is 2020. The van der Waals surface area contributed by atoms with Gasteiger partial charge < -0.3 is 49.8 Å². The summed E-state index contributed by atoms with van der Waals surface area (Å²) >= 11 is 0. The van der Waals surface area contributed by atoms with Gasteiger partial charge in [-0.15, -0.1) is 0 Å². The highest BCUT2D eigenvalue weighted by Crippen LogP contribution is 2.64. The summed E-state index contributed by atoms with van der Waals surface area (Å²) < 4.78 is 24.0.